The summed E-state index contributed by atoms with van der Waals surface area (Å²) >= 11 is 0. The summed E-state index contributed by atoms with van der Waals surface area (Å²) < 4.78 is 34.0. The average Bonchev–Trinajstić information content (AvgIpc) is 3.30. The van der Waals surface area contributed by atoms with Crippen LogP contribution in [0.1, 0.15) is 38.9 Å². The number of ether oxygens (including phenoxy) is 1. The second-order valence-corrected chi connectivity index (χ2v) is 10.3. The highest BCUT2D eigenvalue weighted by Gasteiger charge is 2.24. The maximum Gasteiger partial charge on any atom is 0.414 e. The number of sulfone groups is 1. The van der Waals surface area contributed by atoms with Gasteiger partial charge in [-0.3, -0.25) is 4.90 Å². The van der Waals surface area contributed by atoms with Crippen molar-refractivity contribution in [1.29, 1.82) is 0 Å². The van der Waals surface area contributed by atoms with E-state index in [1.165, 1.54) is 12.3 Å². The number of hydrogen-bond acceptors (Lipinski definition) is 11. The van der Waals surface area contributed by atoms with Crippen molar-refractivity contribution in [3.63, 3.8) is 0 Å². The van der Waals surface area contributed by atoms with Crippen molar-refractivity contribution in [2.24, 2.45) is 0 Å². The molecule has 1 atom stereocenters. The second kappa shape index (κ2) is 12.4. The molecule has 1 aliphatic heterocycles. The van der Waals surface area contributed by atoms with E-state index in [2.05, 4.69) is 31.8 Å². The Balaban J connectivity index is 0.000000641. The van der Waals surface area contributed by atoms with Crippen molar-refractivity contribution in [3.05, 3.63) is 24.2 Å². The van der Waals surface area contributed by atoms with Gasteiger partial charge in [-0.25, -0.2) is 23.0 Å². The van der Waals surface area contributed by atoms with Crippen LogP contribution in [0.2, 0.25) is 0 Å². The number of rotatable bonds is 8. The number of carbonyl (C=O) groups is 2. The molecular weight excluding hydrogens is 482 g/mol. The van der Waals surface area contributed by atoms with Crippen LogP contribution in [0.5, 0.6) is 5.75 Å². The van der Waals surface area contributed by atoms with Gasteiger partial charge in [0.1, 0.15) is 5.75 Å². The van der Waals surface area contributed by atoms with E-state index in [4.69, 9.17) is 29.1 Å². The molecule has 0 aromatic carbocycles. The van der Waals surface area contributed by atoms with Gasteiger partial charge in [-0.2, -0.15) is 4.98 Å². The van der Waals surface area contributed by atoms with Gasteiger partial charge in [0.05, 0.1) is 12.8 Å². The van der Waals surface area contributed by atoms with E-state index in [9.17, 15) is 8.42 Å². The number of aromatic nitrogens is 3. The Morgan fingerprint density at radius 3 is 2.20 bits per heavy atom. The highest BCUT2D eigenvalue weighted by atomic mass is 32.2. The zero-order chi connectivity index (χ0) is 26.2. The zero-order valence-corrected chi connectivity index (χ0v) is 20.9. The molecule has 14 heteroatoms. The number of carboxylic acids is 2. The maximum absolute atomic E-state index is 11.4. The third kappa shape index (κ3) is 8.79. The van der Waals surface area contributed by atoms with Crippen LogP contribution in [-0.4, -0.2) is 95.7 Å². The molecule has 2 aromatic heterocycles. The Bertz CT molecular complexity index is 1070. The van der Waals surface area contributed by atoms with E-state index >= 15 is 0 Å². The molecule has 0 radical (unpaired) electrons. The lowest BCUT2D eigenvalue weighted by Gasteiger charge is -2.37. The quantitative estimate of drug-likeness (QED) is 0.481. The maximum atomic E-state index is 11.4. The van der Waals surface area contributed by atoms with E-state index in [0.29, 0.717) is 24.4 Å². The van der Waals surface area contributed by atoms with Crippen LogP contribution < -0.4 is 9.64 Å². The zero-order valence-electron chi connectivity index (χ0n) is 20.1. The molecule has 2 aromatic rings. The number of hydrogen-bond donors (Lipinski definition) is 2. The molecule has 2 N–H and O–H groups in total. The summed E-state index contributed by atoms with van der Waals surface area (Å²) in [5.74, 6) is -2.07. The third-order valence-corrected chi connectivity index (χ3v) is 6.23. The predicted molar refractivity (Wildman–Crippen MR) is 124 cm³/mol. The molecule has 3 rings (SSSR count). The first kappa shape index (κ1) is 28.0. The first-order valence-electron chi connectivity index (χ1n) is 11.0. The molecule has 0 amide bonds. The molecule has 3 heterocycles. The van der Waals surface area contributed by atoms with Crippen LogP contribution in [0.15, 0.2) is 27.9 Å². The van der Waals surface area contributed by atoms with Crippen molar-refractivity contribution < 1.29 is 37.5 Å². The fourth-order valence-corrected chi connectivity index (χ4v) is 3.70. The average molecular weight is 514 g/mol. The van der Waals surface area contributed by atoms with Gasteiger partial charge in [0.25, 0.3) is 0 Å². The molecule has 35 heavy (non-hydrogen) atoms. The standard InChI is InChI=1S/C19H29N5O4S.C2H2O4/c1-14(2)18-21-19(28-22-18)24-10-8-23(9-11-24)15(3)7-12-27-16-5-6-17(20-13-16)29(4,25)26;3-1(4)2(5)6/h5-6,13-15H,7-12H2,1-4H3;(H,3,4)(H,5,6). The van der Waals surface area contributed by atoms with Crippen LogP contribution in [-0.2, 0) is 19.4 Å². The SMILES string of the molecule is CC(C)c1noc(N2CCN(C(C)CCOc3ccc(S(C)(=O)=O)nc3)CC2)n1.O=C(O)C(=O)O. The minimum atomic E-state index is -3.29. The summed E-state index contributed by atoms with van der Waals surface area (Å²) in [5, 5.41) is 18.9. The van der Waals surface area contributed by atoms with Gasteiger partial charge in [0.2, 0.25) is 0 Å². The second-order valence-electron chi connectivity index (χ2n) is 8.31. The van der Waals surface area contributed by atoms with Gasteiger partial charge < -0.3 is 24.4 Å². The van der Waals surface area contributed by atoms with Crippen molar-refractivity contribution in [1.82, 2.24) is 20.0 Å². The Labute approximate surface area is 203 Å². The molecule has 0 saturated carbocycles. The van der Waals surface area contributed by atoms with E-state index < -0.39 is 21.8 Å². The Morgan fingerprint density at radius 1 is 1.11 bits per heavy atom. The van der Waals surface area contributed by atoms with Crippen LogP contribution >= 0.6 is 0 Å². The van der Waals surface area contributed by atoms with Crippen LogP contribution in [0, 0.1) is 0 Å². The molecular formula is C21H31N5O8S. The van der Waals surface area contributed by atoms with Gasteiger partial charge in [-0.1, -0.05) is 19.0 Å². The predicted octanol–water partition coefficient (Wildman–Crippen LogP) is 1.13. The van der Waals surface area contributed by atoms with Crippen molar-refractivity contribution in [3.8, 4) is 5.75 Å². The third-order valence-electron chi connectivity index (χ3n) is 5.23. The Kier molecular flexibility index (Phi) is 9.95. The highest BCUT2D eigenvalue weighted by molar-refractivity contribution is 7.90. The first-order chi connectivity index (χ1) is 16.4. The summed E-state index contributed by atoms with van der Waals surface area (Å²) in [6.45, 7) is 10.4. The lowest BCUT2D eigenvalue weighted by atomic mass is 10.2. The van der Waals surface area contributed by atoms with Gasteiger partial charge in [0.15, 0.2) is 20.7 Å². The van der Waals surface area contributed by atoms with Crippen LogP contribution in [0.3, 0.4) is 0 Å². The number of anilines is 1. The minimum Gasteiger partial charge on any atom is -0.492 e. The normalized spacial score (nSPS) is 15.3. The van der Waals surface area contributed by atoms with Gasteiger partial charge in [-0.15, -0.1) is 0 Å². The molecule has 13 nitrogen and oxygen atoms in total. The lowest BCUT2D eigenvalue weighted by Crippen LogP contribution is -2.50. The molecule has 1 aliphatic rings. The molecule has 0 aliphatic carbocycles. The largest absolute Gasteiger partial charge is 0.492 e. The summed E-state index contributed by atoms with van der Waals surface area (Å²) in [7, 11) is -3.29. The topological polar surface area (TPSA) is 176 Å². The summed E-state index contributed by atoms with van der Waals surface area (Å²) in [6.07, 6.45) is 3.46. The number of piperazine rings is 1. The fraction of sp³-hybridized carbons (Fsp3) is 0.571. The van der Waals surface area contributed by atoms with Crippen LogP contribution in [0.4, 0.5) is 6.01 Å². The summed E-state index contributed by atoms with van der Waals surface area (Å²) in [6, 6.07) is 4.08. The number of pyridine rings is 1. The van der Waals surface area contributed by atoms with E-state index in [1.807, 2.05) is 13.8 Å². The number of carboxylic acid groups (broad SMARTS) is 2. The van der Waals surface area contributed by atoms with Gasteiger partial charge >= 0.3 is 18.0 Å². The van der Waals surface area contributed by atoms with Crippen molar-refractivity contribution >= 4 is 27.8 Å². The van der Waals surface area contributed by atoms with Crippen LogP contribution in [0.25, 0.3) is 0 Å². The Morgan fingerprint density at radius 2 is 1.74 bits per heavy atom. The van der Waals surface area contributed by atoms with E-state index in [0.717, 1.165) is 44.7 Å². The minimum absolute atomic E-state index is 0.0536. The monoisotopic (exact) mass is 513 g/mol. The van der Waals surface area contributed by atoms with E-state index in [1.54, 1.807) is 6.07 Å². The molecule has 0 bridgehead atoms. The molecule has 1 saturated heterocycles. The molecule has 194 valence electrons. The molecule has 1 unspecified atom stereocenters. The lowest BCUT2D eigenvalue weighted by molar-refractivity contribution is -0.159. The van der Waals surface area contributed by atoms with Gasteiger partial charge in [0, 0.05) is 44.4 Å². The summed E-state index contributed by atoms with van der Waals surface area (Å²) in [5.41, 5.74) is 0. The van der Waals surface area contributed by atoms with E-state index in [-0.39, 0.29) is 10.9 Å². The Hall–Kier alpha value is -3.26. The highest BCUT2D eigenvalue weighted by Crippen LogP contribution is 2.19. The molecule has 0 spiro atoms. The molecule has 1 fully saturated rings. The van der Waals surface area contributed by atoms with Crippen molar-refractivity contribution in [2.45, 2.75) is 44.2 Å². The fourth-order valence-electron chi connectivity index (χ4n) is 3.14. The first-order valence-corrected chi connectivity index (χ1v) is 12.8. The number of aliphatic carboxylic acids is 2. The van der Waals surface area contributed by atoms with Crippen molar-refractivity contribution in [2.75, 3.05) is 43.9 Å². The van der Waals surface area contributed by atoms with Gasteiger partial charge in [-0.05, 0) is 25.5 Å². The smallest absolute Gasteiger partial charge is 0.414 e. The number of nitrogens with zero attached hydrogens (tertiary/aromatic N) is 5. The summed E-state index contributed by atoms with van der Waals surface area (Å²) in [4.78, 5) is 31.2.